The molecule has 0 aliphatic carbocycles. The van der Waals surface area contributed by atoms with E-state index in [9.17, 15) is 14.7 Å². The maximum Gasteiger partial charge on any atom is 0.308 e. The number of carboxylic acid groups (broad SMARTS) is 1. The summed E-state index contributed by atoms with van der Waals surface area (Å²) in [5.41, 5.74) is 1.22. The zero-order valence-corrected chi connectivity index (χ0v) is 12.8. The third-order valence-electron chi connectivity index (χ3n) is 4.32. The number of likely N-dealkylation sites (tertiary alicyclic amines) is 1. The molecule has 1 aliphatic heterocycles. The van der Waals surface area contributed by atoms with E-state index in [1.165, 1.54) is 6.39 Å². The first-order valence-corrected chi connectivity index (χ1v) is 7.61. The van der Waals surface area contributed by atoms with E-state index in [0.29, 0.717) is 18.7 Å². The second-order valence-electron chi connectivity index (χ2n) is 5.65. The number of aryl methyl sites for hydroxylation is 1. The SMILES string of the molecule is CCc1ocnc1C(=O)N1C[C@H](C(=O)O)[C@H](c2ccccc2)C1. The van der Waals surface area contributed by atoms with Crippen LogP contribution in [-0.2, 0) is 11.2 Å². The van der Waals surface area contributed by atoms with Crippen molar-refractivity contribution in [3.05, 3.63) is 53.7 Å². The molecule has 6 heteroatoms. The Kier molecular flexibility index (Phi) is 4.14. The maximum absolute atomic E-state index is 12.6. The van der Waals surface area contributed by atoms with Crippen molar-refractivity contribution < 1.29 is 19.1 Å². The Hall–Kier alpha value is -2.63. The second kappa shape index (κ2) is 6.24. The monoisotopic (exact) mass is 314 g/mol. The van der Waals surface area contributed by atoms with E-state index in [0.717, 1.165) is 5.56 Å². The number of hydrogen-bond donors (Lipinski definition) is 1. The molecule has 0 radical (unpaired) electrons. The third kappa shape index (κ3) is 2.84. The van der Waals surface area contributed by atoms with Crippen molar-refractivity contribution in [3.63, 3.8) is 0 Å². The highest BCUT2D eigenvalue weighted by Crippen LogP contribution is 2.33. The zero-order valence-electron chi connectivity index (χ0n) is 12.8. The van der Waals surface area contributed by atoms with Gasteiger partial charge in [-0.3, -0.25) is 9.59 Å². The smallest absolute Gasteiger partial charge is 0.308 e. The van der Waals surface area contributed by atoms with Crippen molar-refractivity contribution in [3.8, 4) is 0 Å². The molecule has 6 nitrogen and oxygen atoms in total. The molecule has 1 N–H and O–H groups in total. The highest BCUT2D eigenvalue weighted by molar-refractivity contribution is 5.94. The van der Waals surface area contributed by atoms with Gasteiger partial charge in [0.2, 0.25) is 0 Å². The summed E-state index contributed by atoms with van der Waals surface area (Å²) < 4.78 is 5.21. The summed E-state index contributed by atoms with van der Waals surface area (Å²) in [6, 6.07) is 9.46. The minimum Gasteiger partial charge on any atom is -0.481 e. The first-order valence-electron chi connectivity index (χ1n) is 7.61. The largest absolute Gasteiger partial charge is 0.481 e. The van der Waals surface area contributed by atoms with Crippen molar-refractivity contribution in [1.82, 2.24) is 9.88 Å². The van der Waals surface area contributed by atoms with Crippen molar-refractivity contribution in [1.29, 1.82) is 0 Å². The van der Waals surface area contributed by atoms with Gasteiger partial charge in [-0.2, -0.15) is 0 Å². The normalized spacial score (nSPS) is 20.7. The molecule has 1 amide bonds. The molecular weight excluding hydrogens is 296 g/mol. The Morgan fingerprint density at radius 3 is 2.70 bits per heavy atom. The van der Waals surface area contributed by atoms with E-state index < -0.39 is 11.9 Å². The lowest BCUT2D eigenvalue weighted by atomic mass is 9.89. The molecule has 1 aromatic carbocycles. The van der Waals surface area contributed by atoms with Crippen LogP contribution in [-0.4, -0.2) is 40.0 Å². The predicted octanol–water partition coefficient (Wildman–Crippen LogP) is 2.18. The van der Waals surface area contributed by atoms with Gasteiger partial charge in [-0.05, 0) is 5.56 Å². The molecule has 1 aromatic heterocycles. The van der Waals surface area contributed by atoms with Gasteiger partial charge in [0.15, 0.2) is 12.1 Å². The van der Waals surface area contributed by atoms with Crippen LogP contribution in [0.4, 0.5) is 0 Å². The van der Waals surface area contributed by atoms with Gasteiger partial charge in [-0.25, -0.2) is 4.98 Å². The van der Waals surface area contributed by atoms with Crippen LogP contribution in [0.3, 0.4) is 0 Å². The first kappa shape index (κ1) is 15.3. The number of carboxylic acids is 1. The average Bonchev–Trinajstić information content (AvgIpc) is 3.22. The first-order chi connectivity index (χ1) is 11.1. The number of amides is 1. The van der Waals surface area contributed by atoms with Crippen molar-refractivity contribution in [2.75, 3.05) is 13.1 Å². The average molecular weight is 314 g/mol. The van der Waals surface area contributed by atoms with Crippen LogP contribution in [0, 0.1) is 5.92 Å². The van der Waals surface area contributed by atoms with E-state index in [1.807, 2.05) is 37.3 Å². The van der Waals surface area contributed by atoms with E-state index in [1.54, 1.807) is 4.90 Å². The van der Waals surface area contributed by atoms with E-state index in [4.69, 9.17) is 4.42 Å². The lowest BCUT2D eigenvalue weighted by Crippen LogP contribution is -2.30. The van der Waals surface area contributed by atoms with E-state index >= 15 is 0 Å². The van der Waals surface area contributed by atoms with Gasteiger partial charge >= 0.3 is 5.97 Å². The number of nitrogens with zero attached hydrogens (tertiary/aromatic N) is 2. The number of benzene rings is 1. The molecule has 0 spiro atoms. The summed E-state index contributed by atoms with van der Waals surface area (Å²) in [5.74, 6) is -1.44. The highest BCUT2D eigenvalue weighted by atomic mass is 16.4. The number of oxazole rings is 1. The van der Waals surface area contributed by atoms with Crippen LogP contribution < -0.4 is 0 Å². The zero-order chi connectivity index (χ0) is 16.4. The molecule has 23 heavy (non-hydrogen) atoms. The minimum absolute atomic E-state index is 0.184. The van der Waals surface area contributed by atoms with Crippen LogP contribution in [0.5, 0.6) is 0 Å². The summed E-state index contributed by atoms with van der Waals surface area (Å²) in [6.07, 6.45) is 1.82. The molecule has 120 valence electrons. The maximum atomic E-state index is 12.6. The number of rotatable bonds is 4. The Balaban J connectivity index is 1.86. The molecule has 1 aliphatic rings. The Morgan fingerprint density at radius 2 is 2.04 bits per heavy atom. The lowest BCUT2D eigenvalue weighted by molar-refractivity contribution is -0.141. The molecule has 2 heterocycles. The quantitative estimate of drug-likeness (QED) is 0.935. The van der Waals surface area contributed by atoms with Gasteiger partial charge in [-0.1, -0.05) is 37.3 Å². The highest BCUT2D eigenvalue weighted by Gasteiger charge is 2.41. The Labute approximate surface area is 133 Å². The third-order valence-corrected chi connectivity index (χ3v) is 4.32. The minimum atomic E-state index is -0.884. The number of aliphatic carboxylic acids is 1. The Morgan fingerprint density at radius 1 is 1.30 bits per heavy atom. The van der Waals surface area contributed by atoms with Gasteiger partial charge in [0.25, 0.3) is 5.91 Å². The fourth-order valence-corrected chi connectivity index (χ4v) is 3.10. The van der Waals surface area contributed by atoms with Crippen molar-refractivity contribution in [2.24, 2.45) is 5.92 Å². The van der Waals surface area contributed by atoms with E-state index in [2.05, 4.69) is 4.98 Å². The molecule has 0 unspecified atom stereocenters. The summed E-state index contributed by atoms with van der Waals surface area (Å²) >= 11 is 0. The Bertz CT molecular complexity index is 710. The summed E-state index contributed by atoms with van der Waals surface area (Å²) in [5, 5.41) is 9.50. The molecule has 3 rings (SSSR count). The lowest BCUT2D eigenvalue weighted by Gasteiger charge is -2.15. The standard InChI is InChI=1S/C17H18N2O4/c1-2-14-15(18-10-23-14)16(20)19-8-12(13(9-19)17(21)22)11-6-4-3-5-7-11/h3-7,10,12-13H,2,8-9H2,1H3,(H,21,22)/t12-,13-/m0/s1. The van der Waals surface area contributed by atoms with Gasteiger partial charge in [-0.15, -0.1) is 0 Å². The fraction of sp³-hybridized carbons (Fsp3) is 0.353. The summed E-state index contributed by atoms with van der Waals surface area (Å²) in [4.78, 5) is 29.8. The van der Waals surface area contributed by atoms with Crippen LogP contribution in [0.15, 0.2) is 41.1 Å². The molecule has 2 aromatic rings. The second-order valence-corrected chi connectivity index (χ2v) is 5.65. The predicted molar refractivity (Wildman–Crippen MR) is 82.1 cm³/mol. The van der Waals surface area contributed by atoms with Crippen LogP contribution in [0.25, 0.3) is 0 Å². The van der Waals surface area contributed by atoms with Crippen LogP contribution in [0.1, 0.15) is 34.7 Å². The summed E-state index contributed by atoms with van der Waals surface area (Å²) in [7, 11) is 0. The molecular formula is C17H18N2O4. The molecule has 0 saturated carbocycles. The van der Waals surface area contributed by atoms with Crippen molar-refractivity contribution >= 4 is 11.9 Å². The van der Waals surface area contributed by atoms with Crippen LogP contribution in [0.2, 0.25) is 0 Å². The van der Waals surface area contributed by atoms with Crippen molar-refractivity contribution in [2.45, 2.75) is 19.3 Å². The fourth-order valence-electron chi connectivity index (χ4n) is 3.10. The summed E-state index contributed by atoms with van der Waals surface area (Å²) in [6.45, 7) is 2.44. The van der Waals surface area contributed by atoms with Crippen LogP contribution >= 0.6 is 0 Å². The van der Waals surface area contributed by atoms with Gasteiger partial charge in [0, 0.05) is 25.4 Å². The number of carbonyl (C=O) groups is 2. The van der Waals surface area contributed by atoms with Gasteiger partial charge in [0.05, 0.1) is 5.92 Å². The van der Waals surface area contributed by atoms with Gasteiger partial charge < -0.3 is 14.4 Å². The molecule has 1 fully saturated rings. The molecule has 2 atom stereocenters. The number of carbonyl (C=O) groups excluding carboxylic acids is 1. The molecule has 1 saturated heterocycles. The topological polar surface area (TPSA) is 83.6 Å². The van der Waals surface area contributed by atoms with E-state index in [-0.39, 0.29) is 24.1 Å². The van der Waals surface area contributed by atoms with Gasteiger partial charge in [0.1, 0.15) is 5.76 Å². The molecule has 0 bridgehead atoms. The number of hydrogen-bond acceptors (Lipinski definition) is 4. The number of aromatic nitrogens is 1.